The molecule has 0 bridgehead atoms. The van der Waals surface area contributed by atoms with Crippen molar-refractivity contribution in [2.75, 3.05) is 0 Å². The molecule has 0 aliphatic rings. The number of nitro groups is 1. The predicted octanol–water partition coefficient (Wildman–Crippen LogP) is 1.98. The van der Waals surface area contributed by atoms with E-state index in [0.29, 0.717) is 10.6 Å². The van der Waals surface area contributed by atoms with Crippen LogP contribution in [0.1, 0.15) is 5.01 Å². The van der Waals surface area contributed by atoms with Crippen molar-refractivity contribution in [1.82, 2.24) is 10.2 Å². The first-order valence-corrected chi connectivity index (χ1v) is 5.01. The minimum atomic E-state index is -0.468. The number of hydrogen-bond donors (Lipinski definition) is 0. The van der Waals surface area contributed by atoms with Gasteiger partial charge in [-0.25, -0.2) is 0 Å². The van der Waals surface area contributed by atoms with Crippen molar-refractivity contribution in [3.05, 3.63) is 39.4 Å². The third-order valence-corrected chi connectivity index (χ3v) is 2.72. The molecule has 0 atom stereocenters. The van der Waals surface area contributed by atoms with Crippen molar-refractivity contribution in [3.8, 4) is 16.6 Å². The van der Waals surface area contributed by atoms with E-state index in [2.05, 4.69) is 10.2 Å². The zero-order valence-electron chi connectivity index (χ0n) is 7.82. The number of nitro benzene ring substituents is 1. The molecular formula is C9H4N4O2S. The fraction of sp³-hybridized carbons (Fsp3) is 0. The minimum absolute atomic E-state index is 0.0220. The Morgan fingerprint density at radius 2 is 2.00 bits per heavy atom. The molecule has 0 fully saturated rings. The number of nitriles is 1. The monoisotopic (exact) mass is 232 g/mol. The molecule has 6 nitrogen and oxygen atoms in total. The van der Waals surface area contributed by atoms with Crippen LogP contribution in [0.25, 0.3) is 10.6 Å². The van der Waals surface area contributed by atoms with Gasteiger partial charge in [0.25, 0.3) is 5.69 Å². The summed E-state index contributed by atoms with van der Waals surface area (Å²) in [6.45, 7) is 0. The number of benzene rings is 1. The molecule has 0 radical (unpaired) electrons. The standard InChI is InChI=1S/C9H4N4O2S/c10-5-8-11-12-9(16-8)6-1-3-7(4-2-6)13(14)15/h1-4H. The van der Waals surface area contributed by atoms with Crippen molar-refractivity contribution < 1.29 is 4.92 Å². The van der Waals surface area contributed by atoms with E-state index < -0.39 is 4.92 Å². The summed E-state index contributed by atoms with van der Waals surface area (Å²) >= 11 is 1.15. The Kier molecular flexibility index (Phi) is 2.57. The van der Waals surface area contributed by atoms with Gasteiger partial charge in [-0.1, -0.05) is 11.3 Å². The van der Waals surface area contributed by atoms with Gasteiger partial charge >= 0.3 is 0 Å². The number of non-ortho nitro benzene ring substituents is 1. The van der Waals surface area contributed by atoms with Crippen molar-refractivity contribution in [3.63, 3.8) is 0 Å². The molecule has 0 amide bonds. The number of hydrogen-bond acceptors (Lipinski definition) is 6. The van der Waals surface area contributed by atoms with Crippen LogP contribution in [0.4, 0.5) is 5.69 Å². The van der Waals surface area contributed by atoms with E-state index in [1.54, 1.807) is 12.1 Å². The highest BCUT2D eigenvalue weighted by Crippen LogP contribution is 2.24. The third-order valence-electron chi connectivity index (χ3n) is 1.85. The molecular weight excluding hydrogens is 228 g/mol. The van der Waals surface area contributed by atoms with Crippen LogP contribution < -0.4 is 0 Å². The Bertz CT molecular complexity index is 570. The molecule has 0 spiro atoms. The Balaban J connectivity index is 2.35. The molecule has 0 aliphatic carbocycles. The lowest BCUT2D eigenvalue weighted by Gasteiger charge is -1.94. The van der Waals surface area contributed by atoms with Gasteiger partial charge in [-0.05, 0) is 12.1 Å². The maximum absolute atomic E-state index is 10.4. The molecule has 7 heteroatoms. The summed E-state index contributed by atoms with van der Waals surface area (Å²) in [5, 5.41) is 27.3. The van der Waals surface area contributed by atoms with Crippen molar-refractivity contribution in [2.45, 2.75) is 0 Å². The van der Waals surface area contributed by atoms with Crippen LogP contribution in [0.15, 0.2) is 24.3 Å². The normalized spacial score (nSPS) is 9.69. The average molecular weight is 232 g/mol. The second-order valence-corrected chi connectivity index (χ2v) is 3.81. The minimum Gasteiger partial charge on any atom is -0.258 e. The van der Waals surface area contributed by atoms with Gasteiger partial charge in [0.2, 0.25) is 5.01 Å². The van der Waals surface area contributed by atoms with Crippen LogP contribution in [0.5, 0.6) is 0 Å². The van der Waals surface area contributed by atoms with Crippen LogP contribution in [0.2, 0.25) is 0 Å². The first-order chi connectivity index (χ1) is 7.70. The zero-order valence-corrected chi connectivity index (χ0v) is 8.64. The lowest BCUT2D eigenvalue weighted by molar-refractivity contribution is -0.384. The van der Waals surface area contributed by atoms with Gasteiger partial charge in [-0.15, -0.1) is 10.2 Å². The first-order valence-electron chi connectivity index (χ1n) is 4.19. The van der Waals surface area contributed by atoms with E-state index >= 15 is 0 Å². The van der Waals surface area contributed by atoms with Gasteiger partial charge in [0.05, 0.1) is 4.92 Å². The molecule has 1 aromatic heterocycles. The highest BCUT2D eigenvalue weighted by atomic mass is 32.1. The van der Waals surface area contributed by atoms with Crippen molar-refractivity contribution >= 4 is 17.0 Å². The van der Waals surface area contributed by atoms with Crippen LogP contribution in [-0.2, 0) is 0 Å². The number of rotatable bonds is 2. The summed E-state index contributed by atoms with van der Waals surface area (Å²) in [5.41, 5.74) is 0.735. The highest BCUT2D eigenvalue weighted by Gasteiger charge is 2.08. The molecule has 0 unspecified atom stereocenters. The van der Waals surface area contributed by atoms with E-state index in [9.17, 15) is 10.1 Å². The molecule has 2 aromatic rings. The van der Waals surface area contributed by atoms with Gasteiger partial charge in [-0.3, -0.25) is 10.1 Å². The summed E-state index contributed by atoms with van der Waals surface area (Å²) in [5.74, 6) is 0. The fourth-order valence-electron chi connectivity index (χ4n) is 1.11. The molecule has 0 aliphatic heterocycles. The van der Waals surface area contributed by atoms with E-state index in [4.69, 9.17) is 5.26 Å². The average Bonchev–Trinajstić information content (AvgIpc) is 2.77. The summed E-state index contributed by atoms with van der Waals surface area (Å²) < 4.78 is 0. The smallest absolute Gasteiger partial charge is 0.258 e. The van der Waals surface area contributed by atoms with Gasteiger partial charge in [0.15, 0.2) is 0 Å². The second-order valence-electron chi connectivity index (χ2n) is 2.83. The van der Waals surface area contributed by atoms with Crippen molar-refractivity contribution in [2.24, 2.45) is 0 Å². The molecule has 78 valence electrons. The van der Waals surface area contributed by atoms with E-state index in [1.807, 2.05) is 6.07 Å². The van der Waals surface area contributed by atoms with Gasteiger partial charge in [-0.2, -0.15) is 5.26 Å². The summed E-state index contributed by atoms with van der Waals surface area (Å²) in [6, 6.07) is 7.83. The third kappa shape index (κ3) is 1.87. The van der Waals surface area contributed by atoms with Gasteiger partial charge in [0, 0.05) is 17.7 Å². The highest BCUT2D eigenvalue weighted by molar-refractivity contribution is 7.15. The molecule has 16 heavy (non-hydrogen) atoms. The quantitative estimate of drug-likeness (QED) is 0.583. The molecule has 1 heterocycles. The van der Waals surface area contributed by atoms with Crippen LogP contribution >= 0.6 is 11.3 Å². The van der Waals surface area contributed by atoms with E-state index in [1.165, 1.54) is 12.1 Å². The van der Waals surface area contributed by atoms with Crippen LogP contribution in [0.3, 0.4) is 0 Å². The largest absolute Gasteiger partial charge is 0.269 e. The summed E-state index contributed by atoms with van der Waals surface area (Å²) in [4.78, 5) is 9.97. The second kappa shape index (κ2) is 4.04. The number of nitrogens with zero attached hydrogens (tertiary/aromatic N) is 4. The molecule has 2 rings (SSSR count). The molecule has 0 saturated heterocycles. The summed E-state index contributed by atoms with van der Waals surface area (Å²) in [7, 11) is 0. The lowest BCUT2D eigenvalue weighted by Crippen LogP contribution is -1.86. The SMILES string of the molecule is N#Cc1nnc(-c2ccc([N+](=O)[O-])cc2)s1. The Morgan fingerprint density at radius 1 is 1.31 bits per heavy atom. The Hall–Kier alpha value is -2.33. The lowest BCUT2D eigenvalue weighted by atomic mass is 10.2. The maximum Gasteiger partial charge on any atom is 0.269 e. The maximum atomic E-state index is 10.4. The van der Waals surface area contributed by atoms with Crippen LogP contribution in [-0.4, -0.2) is 15.1 Å². The predicted molar refractivity (Wildman–Crippen MR) is 56.7 cm³/mol. The summed E-state index contributed by atoms with van der Waals surface area (Å²) in [6.07, 6.45) is 0. The van der Waals surface area contributed by atoms with Gasteiger partial charge in [0.1, 0.15) is 11.1 Å². The van der Waals surface area contributed by atoms with E-state index in [0.717, 1.165) is 11.3 Å². The molecule has 0 saturated carbocycles. The number of aromatic nitrogens is 2. The first kappa shape index (κ1) is 10.2. The van der Waals surface area contributed by atoms with Crippen molar-refractivity contribution in [1.29, 1.82) is 5.26 Å². The fourth-order valence-corrected chi connectivity index (χ4v) is 1.76. The van der Waals surface area contributed by atoms with Crippen LogP contribution in [0, 0.1) is 21.4 Å². The topological polar surface area (TPSA) is 92.7 Å². The zero-order chi connectivity index (χ0) is 11.5. The molecule has 1 aromatic carbocycles. The van der Waals surface area contributed by atoms with E-state index in [-0.39, 0.29) is 10.7 Å². The molecule has 0 N–H and O–H groups in total. The van der Waals surface area contributed by atoms with Gasteiger partial charge < -0.3 is 0 Å². The Labute approximate surface area is 93.9 Å². The Morgan fingerprint density at radius 3 is 2.50 bits per heavy atom.